The number of pyridine rings is 1. The summed E-state index contributed by atoms with van der Waals surface area (Å²) in [5.74, 6) is -0.0352. The number of amides is 1. The van der Waals surface area contributed by atoms with Crippen LogP contribution in [0.15, 0.2) is 35.5 Å². The summed E-state index contributed by atoms with van der Waals surface area (Å²) in [6, 6.07) is 2.58. The Hall–Kier alpha value is -2.95. The molecule has 0 spiro atoms. The van der Waals surface area contributed by atoms with Crippen LogP contribution in [-0.4, -0.2) is 57.6 Å². The maximum absolute atomic E-state index is 12.8. The van der Waals surface area contributed by atoms with E-state index < -0.39 is 11.7 Å². The van der Waals surface area contributed by atoms with Crippen molar-refractivity contribution in [1.82, 2.24) is 19.4 Å². The van der Waals surface area contributed by atoms with Crippen molar-refractivity contribution in [3.63, 3.8) is 0 Å². The van der Waals surface area contributed by atoms with Crippen LogP contribution in [0.4, 0.5) is 19.1 Å². The van der Waals surface area contributed by atoms with E-state index in [-0.39, 0.29) is 23.5 Å². The molecule has 2 aromatic heterocycles. The van der Waals surface area contributed by atoms with E-state index in [0.717, 1.165) is 12.4 Å². The highest BCUT2D eigenvalue weighted by Crippen LogP contribution is 2.28. The van der Waals surface area contributed by atoms with Crippen molar-refractivity contribution in [3.05, 3.63) is 52.2 Å². The summed E-state index contributed by atoms with van der Waals surface area (Å²) in [6.07, 6.45) is -1.48. The monoisotopic (exact) mass is 410 g/mol. The molecule has 1 amide bonds. The molecule has 1 unspecified atom stereocenters. The molecule has 1 atom stereocenters. The van der Waals surface area contributed by atoms with Gasteiger partial charge in [0.2, 0.25) is 5.95 Å². The maximum Gasteiger partial charge on any atom is 0.419 e. The molecule has 2 aromatic rings. The molecule has 29 heavy (non-hydrogen) atoms. The van der Waals surface area contributed by atoms with Crippen LogP contribution < -0.4 is 16.2 Å². The van der Waals surface area contributed by atoms with Gasteiger partial charge >= 0.3 is 6.18 Å². The Morgan fingerprint density at radius 2 is 1.79 bits per heavy atom. The third kappa shape index (κ3) is 4.91. The van der Waals surface area contributed by atoms with Crippen LogP contribution in [0.3, 0.4) is 0 Å². The minimum atomic E-state index is -4.48. The van der Waals surface area contributed by atoms with Crippen LogP contribution in [-0.2, 0) is 12.7 Å². The molecule has 11 heteroatoms. The molecule has 1 aliphatic rings. The SMILES string of the molecule is CC(N)Cn1cc(C(=O)N2CCN(c3ncc(C(F)(F)F)cn3)CC2)ccc1=O. The molecule has 1 aliphatic heterocycles. The number of anilines is 1. The lowest BCUT2D eigenvalue weighted by atomic mass is 10.2. The van der Waals surface area contributed by atoms with Gasteiger partial charge in [-0.05, 0) is 13.0 Å². The summed E-state index contributed by atoms with van der Waals surface area (Å²) < 4.78 is 39.3. The molecule has 156 valence electrons. The largest absolute Gasteiger partial charge is 0.419 e. The van der Waals surface area contributed by atoms with E-state index in [2.05, 4.69) is 9.97 Å². The number of nitrogens with two attached hydrogens (primary N) is 1. The first kappa shape index (κ1) is 20.8. The summed E-state index contributed by atoms with van der Waals surface area (Å²) in [6.45, 7) is 3.56. The average molecular weight is 410 g/mol. The predicted molar refractivity (Wildman–Crippen MR) is 99.5 cm³/mol. The summed E-state index contributed by atoms with van der Waals surface area (Å²) in [5.41, 5.74) is 4.97. The first-order valence-electron chi connectivity index (χ1n) is 9.04. The highest BCUT2D eigenvalue weighted by molar-refractivity contribution is 5.94. The van der Waals surface area contributed by atoms with Crippen molar-refractivity contribution in [2.45, 2.75) is 25.7 Å². The summed E-state index contributed by atoms with van der Waals surface area (Å²) in [5, 5.41) is 0. The van der Waals surface area contributed by atoms with Gasteiger partial charge in [0.1, 0.15) is 0 Å². The first-order valence-corrected chi connectivity index (χ1v) is 9.04. The van der Waals surface area contributed by atoms with E-state index in [0.29, 0.717) is 38.3 Å². The highest BCUT2D eigenvalue weighted by Gasteiger charge is 2.32. The fourth-order valence-corrected chi connectivity index (χ4v) is 3.03. The summed E-state index contributed by atoms with van der Waals surface area (Å²) in [7, 11) is 0. The van der Waals surface area contributed by atoms with Gasteiger partial charge in [-0.15, -0.1) is 0 Å². The zero-order valence-corrected chi connectivity index (χ0v) is 15.8. The Morgan fingerprint density at radius 3 is 2.34 bits per heavy atom. The molecule has 0 aliphatic carbocycles. The molecule has 0 saturated carbocycles. The number of carbonyl (C=O) groups excluding carboxylic acids is 1. The molecule has 0 aromatic carbocycles. The second kappa shape index (κ2) is 8.19. The molecular formula is C18H21F3N6O2. The van der Waals surface area contributed by atoms with E-state index in [1.165, 1.54) is 22.9 Å². The minimum Gasteiger partial charge on any atom is -0.337 e. The van der Waals surface area contributed by atoms with Crippen molar-refractivity contribution in [3.8, 4) is 0 Å². The van der Waals surface area contributed by atoms with Gasteiger partial charge in [0, 0.05) is 63.4 Å². The number of hydrogen-bond acceptors (Lipinski definition) is 6. The average Bonchev–Trinajstić information content (AvgIpc) is 2.68. The molecule has 1 fully saturated rings. The molecule has 0 radical (unpaired) electrons. The van der Waals surface area contributed by atoms with Gasteiger partial charge in [-0.25, -0.2) is 9.97 Å². The lowest BCUT2D eigenvalue weighted by Crippen LogP contribution is -2.49. The lowest BCUT2D eigenvalue weighted by Gasteiger charge is -2.34. The number of nitrogens with zero attached hydrogens (tertiary/aromatic N) is 5. The van der Waals surface area contributed by atoms with Crippen LogP contribution in [0.1, 0.15) is 22.8 Å². The molecule has 2 N–H and O–H groups in total. The predicted octanol–water partition coefficient (Wildman–Crippen LogP) is 0.967. The number of rotatable bonds is 4. The quantitative estimate of drug-likeness (QED) is 0.807. The summed E-state index contributed by atoms with van der Waals surface area (Å²) in [4.78, 5) is 35.6. The van der Waals surface area contributed by atoms with Gasteiger partial charge in [0.05, 0.1) is 11.1 Å². The number of aromatic nitrogens is 3. The number of alkyl halides is 3. The number of hydrogen-bond donors (Lipinski definition) is 1. The minimum absolute atomic E-state index is 0.190. The van der Waals surface area contributed by atoms with Crippen molar-refractivity contribution in [2.24, 2.45) is 5.73 Å². The van der Waals surface area contributed by atoms with Crippen LogP contribution in [0.5, 0.6) is 0 Å². The molecule has 8 nitrogen and oxygen atoms in total. The van der Waals surface area contributed by atoms with Crippen LogP contribution in [0.2, 0.25) is 0 Å². The Morgan fingerprint density at radius 1 is 1.17 bits per heavy atom. The van der Waals surface area contributed by atoms with E-state index >= 15 is 0 Å². The fourth-order valence-electron chi connectivity index (χ4n) is 3.03. The summed E-state index contributed by atoms with van der Waals surface area (Å²) >= 11 is 0. The van der Waals surface area contributed by atoms with Crippen LogP contribution >= 0.6 is 0 Å². The Kier molecular flexibility index (Phi) is 5.87. The van der Waals surface area contributed by atoms with Crippen molar-refractivity contribution in [2.75, 3.05) is 31.1 Å². The molecular weight excluding hydrogens is 389 g/mol. The van der Waals surface area contributed by atoms with Crippen LogP contribution in [0, 0.1) is 0 Å². The number of halogens is 3. The van der Waals surface area contributed by atoms with Crippen molar-refractivity contribution >= 4 is 11.9 Å². The van der Waals surface area contributed by atoms with E-state index in [4.69, 9.17) is 5.73 Å². The Bertz CT molecular complexity index is 918. The smallest absolute Gasteiger partial charge is 0.337 e. The second-order valence-corrected chi connectivity index (χ2v) is 6.93. The Balaban J connectivity index is 1.65. The lowest BCUT2D eigenvalue weighted by molar-refractivity contribution is -0.138. The third-order valence-electron chi connectivity index (χ3n) is 4.53. The number of carbonyl (C=O) groups is 1. The van der Waals surface area contributed by atoms with Gasteiger partial charge in [-0.3, -0.25) is 9.59 Å². The van der Waals surface area contributed by atoms with E-state index in [1.54, 1.807) is 16.7 Å². The first-order chi connectivity index (χ1) is 13.6. The topological polar surface area (TPSA) is 97.3 Å². The second-order valence-electron chi connectivity index (χ2n) is 6.93. The molecule has 0 bridgehead atoms. The number of piperazine rings is 1. The highest BCUT2D eigenvalue weighted by atomic mass is 19.4. The van der Waals surface area contributed by atoms with Gasteiger partial charge in [-0.2, -0.15) is 13.2 Å². The zero-order chi connectivity index (χ0) is 21.2. The van der Waals surface area contributed by atoms with E-state index in [9.17, 15) is 22.8 Å². The molecule has 3 rings (SSSR count). The maximum atomic E-state index is 12.8. The zero-order valence-electron chi connectivity index (χ0n) is 15.8. The fraction of sp³-hybridized carbons (Fsp3) is 0.444. The normalized spacial score (nSPS) is 16.0. The third-order valence-corrected chi connectivity index (χ3v) is 4.53. The molecule has 3 heterocycles. The van der Waals surface area contributed by atoms with Crippen LogP contribution in [0.25, 0.3) is 0 Å². The van der Waals surface area contributed by atoms with Gasteiger partial charge < -0.3 is 20.1 Å². The van der Waals surface area contributed by atoms with E-state index in [1.807, 2.05) is 0 Å². The van der Waals surface area contributed by atoms with Crippen molar-refractivity contribution in [1.29, 1.82) is 0 Å². The van der Waals surface area contributed by atoms with Crippen molar-refractivity contribution < 1.29 is 18.0 Å². The molecule has 1 saturated heterocycles. The van der Waals surface area contributed by atoms with Gasteiger partial charge in [0.15, 0.2) is 0 Å². The van der Waals surface area contributed by atoms with Gasteiger partial charge in [-0.1, -0.05) is 0 Å². The Labute approximate surface area is 164 Å². The standard InChI is InChI=1S/C18H21F3N6O2/c1-12(22)10-27-11-13(2-3-15(27)28)16(29)25-4-6-26(7-5-25)17-23-8-14(9-24-17)18(19,20)21/h2-3,8-9,11-12H,4-7,10,22H2,1H3. The van der Waals surface area contributed by atoms with Gasteiger partial charge in [0.25, 0.3) is 11.5 Å².